The van der Waals surface area contributed by atoms with Gasteiger partial charge in [0.2, 0.25) is 5.91 Å². The second-order valence-electron chi connectivity index (χ2n) is 5.11. The molecule has 0 radical (unpaired) electrons. The summed E-state index contributed by atoms with van der Waals surface area (Å²) in [5.41, 5.74) is 0. The van der Waals surface area contributed by atoms with Crippen LogP contribution in [0.15, 0.2) is 22.8 Å². The molecule has 1 fully saturated rings. The predicted molar refractivity (Wildman–Crippen MR) is 73.7 cm³/mol. The fourth-order valence-electron chi connectivity index (χ4n) is 2.23. The summed E-state index contributed by atoms with van der Waals surface area (Å²) in [6.45, 7) is 6.15. The molecule has 5 heteroatoms. The molecule has 5 nitrogen and oxygen atoms in total. The highest BCUT2D eigenvalue weighted by atomic mass is 16.3. The van der Waals surface area contributed by atoms with E-state index in [1.54, 1.807) is 11.2 Å². The molecule has 1 N–H and O–H groups in total. The molecule has 1 aliphatic heterocycles. The van der Waals surface area contributed by atoms with Gasteiger partial charge >= 0.3 is 0 Å². The van der Waals surface area contributed by atoms with Gasteiger partial charge < -0.3 is 14.6 Å². The van der Waals surface area contributed by atoms with E-state index < -0.39 is 0 Å². The third-order valence-corrected chi connectivity index (χ3v) is 3.52. The summed E-state index contributed by atoms with van der Waals surface area (Å²) in [5, 5.41) is 3.26. The summed E-state index contributed by atoms with van der Waals surface area (Å²) in [7, 11) is 1.83. The van der Waals surface area contributed by atoms with Crippen molar-refractivity contribution >= 4 is 5.91 Å². The molecule has 1 amide bonds. The molecular formula is C14H23N3O2. The molecule has 0 aliphatic carbocycles. The number of likely N-dealkylation sites (N-methyl/N-ethyl adjacent to an activating group) is 1. The van der Waals surface area contributed by atoms with Gasteiger partial charge in [-0.05, 0) is 25.1 Å². The second-order valence-corrected chi connectivity index (χ2v) is 5.11. The minimum Gasteiger partial charge on any atom is -0.467 e. The van der Waals surface area contributed by atoms with Crippen molar-refractivity contribution in [2.45, 2.75) is 25.9 Å². The fraction of sp³-hybridized carbons (Fsp3) is 0.643. The Kier molecular flexibility index (Phi) is 4.99. The molecule has 1 aromatic rings. The van der Waals surface area contributed by atoms with Crippen LogP contribution in [0.1, 0.15) is 19.1 Å². The lowest BCUT2D eigenvalue weighted by molar-refractivity contribution is -0.132. The van der Waals surface area contributed by atoms with Gasteiger partial charge in [-0.15, -0.1) is 0 Å². The maximum absolute atomic E-state index is 12.2. The monoisotopic (exact) mass is 265 g/mol. The van der Waals surface area contributed by atoms with Gasteiger partial charge in [0.15, 0.2) is 0 Å². The normalized spacial score (nSPS) is 15.5. The second kappa shape index (κ2) is 6.73. The van der Waals surface area contributed by atoms with Crippen molar-refractivity contribution in [3.8, 4) is 0 Å². The molecule has 0 aromatic carbocycles. The van der Waals surface area contributed by atoms with E-state index >= 15 is 0 Å². The number of rotatable bonds is 7. The van der Waals surface area contributed by atoms with Gasteiger partial charge in [0.25, 0.3) is 0 Å². The zero-order valence-corrected chi connectivity index (χ0v) is 11.8. The largest absolute Gasteiger partial charge is 0.467 e. The molecule has 1 aromatic heterocycles. The van der Waals surface area contributed by atoms with Gasteiger partial charge in [0.1, 0.15) is 5.76 Å². The van der Waals surface area contributed by atoms with Gasteiger partial charge in [-0.25, -0.2) is 0 Å². The first-order valence-electron chi connectivity index (χ1n) is 6.91. The summed E-state index contributed by atoms with van der Waals surface area (Å²) >= 11 is 0. The predicted octanol–water partition coefficient (Wildman–Crippen LogP) is 0.922. The Balaban J connectivity index is 1.83. The number of nitrogens with one attached hydrogen (secondary N) is 1. The third-order valence-electron chi connectivity index (χ3n) is 3.52. The molecule has 2 heterocycles. The number of nitrogens with zero attached hydrogens (tertiary/aromatic N) is 2. The number of hydrogen-bond acceptors (Lipinski definition) is 4. The van der Waals surface area contributed by atoms with Crippen LogP contribution >= 0.6 is 0 Å². The van der Waals surface area contributed by atoms with Crippen molar-refractivity contribution in [1.82, 2.24) is 15.1 Å². The van der Waals surface area contributed by atoms with Crippen LogP contribution in [-0.4, -0.2) is 55.0 Å². The first-order chi connectivity index (χ1) is 9.20. The summed E-state index contributed by atoms with van der Waals surface area (Å²) in [6.07, 6.45) is 2.71. The average Bonchev–Trinajstić information content (AvgIpc) is 2.79. The average molecular weight is 265 g/mol. The minimum absolute atomic E-state index is 0.150. The highest BCUT2D eigenvalue weighted by molar-refractivity contribution is 5.78. The Morgan fingerprint density at radius 1 is 1.53 bits per heavy atom. The minimum atomic E-state index is 0.150. The molecule has 0 saturated carbocycles. The molecule has 1 aliphatic rings. The Morgan fingerprint density at radius 3 is 2.84 bits per heavy atom. The summed E-state index contributed by atoms with van der Waals surface area (Å²) < 4.78 is 5.27. The van der Waals surface area contributed by atoms with Gasteiger partial charge in [-0.3, -0.25) is 9.69 Å². The maximum atomic E-state index is 12.2. The van der Waals surface area contributed by atoms with Crippen LogP contribution in [0.2, 0.25) is 0 Å². The van der Waals surface area contributed by atoms with Crippen LogP contribution < -0.4 is 5.32 Å². The van der Waals surface area contributed by atoms with E-state index in [9.17, 15) is 4.79 Å². The Bertz CT molecular complexity index is 387. The zero-order valence-electron chi connectivity index (χ0n) is 11.8. The third kappa shape index (κ3) is 3.81. The van der Waals surface area contributed by atoms with Gasteiger partial charge in [0, 0.05) is 26.2 Å². The van der Waals surface area contributed by atoms with Gasteiger partial charge in [-0.2, -0.15) is 0 Å². The van der Waals surface area contributed by atoms with E-state index in [1.807, 2.05) is 19.2 Å². The van der Waals surface area contributed by atoms with Gasteiger partial charge in [0.05, 0.1) is 19.4 Å². The maximum Gasteiger partial charge on any atom is 0.236 e. The number of furan rings is 1. The van der Waals surface area contributed by atoms with Crippen LogP contribution in [0.3, 0.4) is 0 Å². The number of amides is 1. The first kappa shape index (κ1) is 14.1. The number of hydrogen-bond donors (Lipinski definition) is 1. The number of carbonyl (C=O) groups is 1. The Morgan fingerprint density at radius 2 is 2.32 bits per heavy atom. The lowest BCUT2D eigenvalue weighted by atomic mass is 10.1. The standard InChI is InChI=1S/C14H23N3O2/c1-3-6-17(12-8-15-9-12)11-14(18)16(2)10-13-5-4-7-19-13/h4-5,7,12,15H,3,6,8-11H2,1-2H3. The highest BCUT2D eigenvalue weighted by Gasteiger charge is 2.26. The molecule has 1 saturated heterocycles. The van der Waals surface area contributed by atoms with Crippen molar-refractivity contribution < 1.29 is 9.21 Å². The van der Waals surface area contributed by atoms with Crippen LogP contribution in [0.5, 0.6) is 0 Å². The summed E-state index contributed by atoms with van der Waals surface area (Å²) in [5.74, 6) is 0.972. The smallest absolute Gasteiger partial charge is 0.236 e. The zero-order chi connectivity index (χ0) is 13.7. The summed E-state index contributed by atoms with van der Waals surface area (Å²) in [6, 6.07) is 4.25. The molecule has 0 bridgehead atoms. The van der Waals surface area contributed by atoms with Crippen molar-refractivity contribution in [3.63, 3.8) is 0 Å². The molecular weight excluding hydrogens is 242 g/mol. The Hall–Kier alpha value is -1.33. The topological polar surface area (TPSA) is 48.7 Å². The SMILES string of the molecule is CCCN(CC(=O)N(C)Cc1ccco1)C1CNC1. The molecule has 0 atom stereocenters. The van der Waals surface area contributed by atoms with E-state index in [0.717, 1.165) is 31.8 Å². The van der Waals surface area contributed by atoms with Crippen LogP contribution in [0.25, 0.3) is 0 Å². The number of carbonyl (C=O) groups excluding carboxylic acids is 1. The molecule has 0 unspecified atom stereocenters. The quantitative estimate of drug-likeness (QED) is 0.796. The summed E-state index contributed by atoms with van der Waals surface area (Å²) in [4.78, 5) is 16.2. The van der Waals surface area contributed by atoms with Crippen molar-refractivity contribution in [2.24, 2.45) is 0 Å². The molecule has 106 valence electrons. The van der Waals surface area contributed by atoms with E-state index in [-0.39, 0.29) is 5.91 Å². The van der Waals surface area contributed by atoms with E-state index in [4.69, 9.17) is 4.42 Å². The fourth-order valence-corrected chi connectivity index (χ4v) is 2.23. The van der Waals surface area contributed by atoms with E-state index in [2.05, 4.69) is 17.1 Å². The lowest BCUT2D eigenvalue weighted by Crippen LogP contribution is -2.59. The Labute approximate surface area is 114 Å². The van der Waals surface area contributed by atoms with Crippen molar-refractivity contribution in [1.29, 1.82) is 0 Å². The molecule has 19 heavy (non-hydrogen) atoms. The van der Waals surface area contributed by atoms with E-state index in [1.165, 1.54) is 0 Å². The van der Waals surface area contributed by atoms with Crippen LogP contribution in [-0.2, 0) is 11.3 Å². The van der Waals surface area contributed by atoms with Gasteiger partial charge in [-0.1, -0.05) is 6.92 Å². The van der Waals surface area contributed by atoms with Crippen molar-refractivity contribution in [2.75, 3.05) is 33.2 Å². The highest BCUT2D eigenvalue weighted by Crippen LogP contribution is 2.08. The first-order valence-corrected chi connectivity index (χ1v) is 6.91. The van der Waals surface area contributed by atoms with Crippen molar-refractivity contribution in [3.05, 3.63) is 24.2 Å². The van der Waals surface area contributed by atoms with Crippen LogP contribution in [0.4, 0.5) is 0 Å². The lowest BCUT2D eigenvalue weighted by Gasteiger charge is -2.38. The molecule has 2 rings (SSSR count). The molecule has 0 spiro atoms. The van der Waals surface area contributed by atoms with E-state index in [0.29, 0.717) is 19.1 Å². The van der Waals surface area contributed by atoms with Crippen LogP contribution in [0, 0.1) is 0 Å².